The predicted octanol–water partition coefficient (Wildman–Crippen LogP) is 15.4. The number of fused-ring (bicyclic) bond motifs is 11. The van der Waals surface area contributed by atoms with Crippen molar-refractivity contribution >= 4 is 68.2 Å². The Balaban J connectivity index is 1.06. The fourth-order valence-corrected chi connectivity index (χ4v) is 11.8. The lowest BCUT2D eigenvalue weighted by molar-refractivity contribution is 0.660. The van der Waals surface area contributed by atoms with Crippen LogP contribution >= 0.6 is 0 Å². The third-order valence-electron chi connectivity index (χ3n) is 15.2. The van der Waals surface area contributed by atoms with Gasteiger partial charge in [-0.05, 0) is 126 Å². The summed E-state index contributed by atoms with van der Waals surface area (Å²) in [6, 6.07) is 72.5. The van der Waals surface area contributed by atoms with Crippen molar-refractivity contribution in [3.63, 3.8) is 0 Å². The summed E-state index contributed by atoms with van der Waals surface area (Å²) < 4.78 is 0. The molecule has 1 heterocycles. The van der Waals surface area contributed by atoms with E-state index in [1.165, 1.54) is 122 Å². The molecule has 3 heteroatoms. The van der Waals surface area contributed by atoms with Crippen LogP contribution in [0, 0.1) is 6.92 Å². The molecule has 0 aromatic heterocycles. The maximum absolute atomic E-state index is 4.08. The minimum absolute atomic E-state index is 0.0601. The van der Waals surface area contributed by atoms with Crippen molar-refractivity contribution in [1.82, 2.24) is 0 Å². The van der Waals surface area contributed by atoms with Crippen molar-refractivity contribution in [3.05, 3.63) is 222 Å². The third kappa shape index (κ3) is 5.62. The fourth-order valence-electron chi connectivity index (χ4n) is 11.8. The van der Waals surface area contributed by atoms with Crippen molar-refractivity contribution in [2.24, 2.45) is 0 Å². The summed E-state index contributed by atoms with van der Waals surface area (Å²) in [7, 11) is 2.48. The highest BCUT2D eigenvalue weighted by molar-refractivity contribution is 6.74. The molecule has 0 unspecified atom stereocenters. The van der Waals surface area contributed by atoms with Crippen molar-refractivity contribution in [1.29, 1.82) is 0 Å². The summed E-state index contributed by atoms with van der Waals surface area (Å²) in [5.74, 6) is 0. The van der Waals surface area contributed by atoms with Gasteiger partial charge in [0.15, 0.2) is 7.28 Å². The van der Waals surface area contributed by atoms with Crippen LogP contribution in [0.1, 0.15) is 55.5 Å². The first-order chi connectivity index (χ1) is 32.1. The van der Waals surface area contributed by atoms with E-state index in [2.05, 4.69) is 246 Å². The van der Waals surface area contributed by atoms with Gasteiger partial charge >= 0.3 is 0 Å². The Bertz CT molecular complexity index is 3670. The van der Waals surface area contributed by atoms with Gasteiger partial charge in [-0.1, -0.05) is 191 Å². The third-order valence-corrected chi connectivity index (χ3v) is 15.2. The second kappa shape index (κ2) is 14.2. The van der Waals surface area contributed by atoms with E-state index in [1.807, 2.05) is 0 Å². The number of rotatable bonds is 5. The van der Waals surface area contributed by atoms with E-state index in [0.717, 1.165) is 11.4 Å². The molecule has 3 aliphatic rings. The molecule has 0 atom stereocenters. The van der Waals surface area contributed by atoms with E-state index in [1.54, 1.807) is 0 Å². The van der Waals surface area contributed by atoms with Crippen LogP contribution in [0.4, 0.5) is 28.4 Å². The molecule has 0 spiro atoms. The smallest absolute Gasteiger partial charge is 0.197 e. The van der Waals surface area contributed by atoms with Crippen LogP contribution in [0.3, 0.4) is 0 Å². The van der Waals surface area contributed by atoms with E-state index in [-0.39, 0.29) is 10.8 Å². The van der Waals surface area contributed by atoms with E-state index < -0.39 is 0 Å². The summed E-state index contributed by atoms with van der Waals surface area (Å²) in [5, 5.41) is 8.90. The molecular weight excluding hydrogens is 796 g/mol. The predicted molar refractivity (Wildman–Crippen MR) is 282 cm³/mol. The van der Waals surface area contributed by atoms with Crippen LogP contribution < -0.4 is 21.1 Å². The Hall–Kier alpha value is -7.62. The maximum Gasteiger partial charge on any atom is 0.197 e. The Kier molecular flexibility index (Phi) is 8.34. The van der Waals surface area contributed by atoms with E-state index >= 15 is 0 Å². The average Bonchev–Trinajstić information content (AvgIpc) is 3.71. The van der Waals surface area contributed by atoms with Gasteiger partial charge in [-0.15, -0.1) is 0 Å². The standard InChI is InChI=1S/C63H48BN2/c1-38-33-41(39-17-7-6-8-18-39)28-32-57(38)66-58-37-55-50(47-24-14-16-26-53(47)63(55,4)5)36-56(58)64-59-51(34-42-20-10-12-22-45(42)61(59)66)48-30-27-40-19-9-11-21-44(40)60(48)65-43-29-31-54-49(35-43)46-23-13-15-25-52(46)62(54,2)3/h6-37,65H,1-5H3. The number of anilines is 5. The van der Waals surface area contributed by atoms with Gasteiger partial charge in [0.2, 0.25) is 0 Å². The van der Waals surface area contributed by atoms with Crippen LogP contribution in [0.2, 0.25) is 0 Å². The molecule has 0 amide bonds. The molecule has 10 aromatic rings. The Morgan fingerprint density at radius 1 is 0.424 bits per heavy atom. The molecule has 1 radical (unpaired) electrons. The molecule has 2 aliphatic carbocycles. The summed E-state index contributed by atoms with van der Waals surface area (Å²) in [5.41, 5.74) is 24.8. The molecule has 0 saturated carbocycles. The summed E-state index contributed by atoms with van der Waals surface area (Å²) in [6.07, 6.45) is 0. The molecule has 1 N–H and O–H groups in total. The average molecular weight is 844 g/mol. The van der Waals surface area contributed by atoms with Gasteiger partial charge in [-0.2, -0.15) is 0 Å². The lowest BCUT2D eigenvalue weighted by Gasteiger charge is -2.38. The number of hydrogen-bond acceptors (Lipinski definition) is 2. The first-order valence-electron chi connectivity index (χ1n) is 23.3. The number of aryl methyl sites for hydroxylation is 1. The zero-order valence-corrected chi connectivity index (χ0v) is 38.0. The fraction of sp³-hybridized carbons (Fsp3) is 0.111. The molecule has 10 aromatic carbocycles. The number of nitrogens with one attached hydrogen (secondary N) is 1. The highest BCUT2D eigenvalue weighted by atomic mass is 15.2. The topological polar surface area (TPSA) is 15.3 Å². The van der Waals surface area contributed by atoms with Crippen LogP contribution in [0.5, 0.6) is 0 Å². The first-order valence-corrected chi connectivity index (χ1v) is 23.3. The Morgan fingerprint density at radius 2 is 1.06 bits per heavy atom. The minimum atomic E-state index is -0.149. The van der Waals surface area contributed by atoms with Crippen molar-refractivity contribution < 1.29 is 0 Å². The van der Waals surface area contributed by atoms with Crippen molar-refractivity contribution in [3.8, 4) is 44.5 Å². The van der Waals surface area contributed by atoms with Gasteiger partial charge in [0.05, 0.1) is 5.69 Å². The van der Waals surface area contributed by atoms with Gasteiger partial charge in [-0.3, -0.25) is 0 Å². The van der Waals surface area contributed by atoms with Crippen LogP contribution in [0.25, 0.3) is 66.1 Å². The number of nitrogens with zero attached hydrogens (tertiary/aromatic N) is 1. The van der Waals surface area contributed by atoms with Crippen molar-refractivity contribution in [2.45, 2.75) is 45.4 Å². The monoisotopic (exact) mass is 843 g/mol. The minimum Gasteiger partial charge on any atom is -0.354 e. The highest BCUT2D eigenvalue weighted by Gasteiger charge is 2.39. The molecule has 0 bridgehead atoms. The van der Waals surface area contributed by atoms with Gasteiger partial charge < -0.3 is 10.2 Å². The highest BCUT2D eigenvalue weighted by Crippen LogP contribution is 2.53. The van der Waals surface area contributed by atoms with Gasteiger partial charge in [0.1, 0.15) is 0 Å². The lowest BCUT2D eigenvalue weighted by Crippen LogP contribution is -2.41. The molecule has 2 nitrogen and oxygen atoms in total. The van der Waals surface area contributed by atoms with E-state index in [4.69, 9.17) is 0 Å². The molecule has 1 aliphatic heterocycles. The molecule has 313 valence electrons. The zero-order chi connectivity index (χ0) is 44.5. The van der Waals surface area contributed by atoms with Crippen LogP contribution in [-0.2, 0) is 10.8 Å². The SMILES string of the molecule is Cc1cc(-c2ccccc2)ccc1N1c2cc3c(cc2[B]c2c(-c4ccc5ccccc5c4Nc4ccc5c(c4)-c4ccccc4C5(C)C)cc4ccccc4c21)-c1ccccc1C3(C)C. The van der Waals surface area contributed by atoms with Crippen molar-refractivity contribution in [2.75, 3.05) is 10.2 Å². The number of benzene rings is 10. The normalized spacial score (nSPS) is 14.5. The largest absolute Gasteiger partial charge is 0.354 e. The van der Waals surface area contributed by atoms with Crippen LogP contribution in [-0.4, -0.2) is 7.28 Å². The van der Waals surface area contributed by atoms with Gasteiger partial charge in [0.25, 0.3) is 0 Å². The van der Waals surface area contributed by atoms with Crippen LogP contribution in [0.15, 0.2) is 194 Å². The van der Waals surface area contributed by atoms with Gasteiger partial charge in [0, 0.05) is 49.9 Å². The Labute approximate surface area is 388 Å². The van der Waals surface area contributed by atoms with E-state index in [0.29, 0.717) is 0 Å². The molecule has 66 heavy (non-hydrogen) atoms. The summed E-state index contributed by atoms with van der Waals surface area (Å²) in [4.78, 5) is 2.59. The second-order valence-electron chi connectivity index (χ2n) is 19.6. The van der Waals surface area contributed by atoms with Gasteiger partial charge in [-0.25, -0.2) is 0 Å². The molecule has 0 saturated heterocycles. The Morgan fingerprint density at radius 3 is 1.82 bits per heavy atom. The lowest BCUT2D eigenvalue weighted by atomic mass is 9.57. The molecule has 0 fully saturated rings. The first kappa shape index (κ1) is 38.8. The number of hydrogen-bond donors (Lipinski definition) is 1. The molecular formula is C63H48BN2. The van der Waals surface area contributed by atoms with E-state index in [9.17, 15) is 0 Å². The molecule has 13 rings (SSSR count). The quantitative estimate of drug-likeness (QED) is 0.174. The zero-order valence-electron chi connectivity index (χ0n) is 38.0. The summed E-state index contributed by atoms with van der Waals surface area (Å²) in [6.45, 7) is 11.7. The second-order valence-corrected chi connectivity index (χ2v) is 19.6. The summed E-state index contributed by atoms with van der Waals surface area (Å²) >= 11 is 0. The maximum atomic E-state index is 4.08.